The van der Waals surface area contributed by atoms with Crippen LogP contribution in [0.5, 0.6) is 0 Å². The van der Waals surface area contributed by atoms with E-state index in [-0.39, 0.29) is 17.0 Å². The third kappa shape index (κ3) is 4.81. The van der Waals surface area contributed by atoms with Crippen molar-refractivity contribution in [3.8, 4) is 0 Å². The molecule has 1 aromatic rings. The predicted molar refractivity (Wildman–Crippen MR) is 81.6 cm³/mol. The summed E-state index contributed by atoms with van der Waals surface area (Å²) in [5, 5.41) is 13.3. The van der Waals surface area contributed by atoms with Gasteiger partial charge in [-0.05, 0) is 53.4 Å². The molecule has 0 aliphatic carbocycles. The summed E-state index contributed by atoms with van der Waals surface area (Å²) in [6.07, 6.45) is 2.60. The molecule has 1 aliphatic rings. The molecule has 0 radical (unpaired) electrons. The number of H-pyrrole nitrogens is 1. The van der Waals surface area contributed by atoms with Crippen LogP contribution in [0.25, 0.3) is 0 Å². The lowest BCUT2D eigenvalue weighted by atomic mass is 9.74. The number of hydrogen-bond acceptors (Lipinski definition) is 4. The highest BCUT2D eigenvalue weighted by Crippen LogP contribution is 2.34. The van der Waals surface area contributed by atoms with Crippen LogP contribution < -0.4 is 10.6 Å². The van der Waals surface area contributed by atoms with Gasteiger partial charge in [0.05, 0.1) is 6.54 Å². The summed E-state index contributed by atoms with van der Waals surface area (Å²) in [4.78, 5) is 16.3. The maximum Gasteiger partial charge on any atom is 0.220 e. The largest absolute Gasteiger partial charge is 0.349 e. The lowest BCUT2D eigenvalue weighted by Crippen LogP contribution is -2.58. The number of carbonyl (C=O) groups is 1. The Balaban J connectivity index is 1.84. The number of aromatic amines is 1. The van der Waals surface area contributed by atoms with Crippen molar-refractivity contribution in [3.05, 3.63) is 11.6 Å². The zero-order valence-electron chi connectivity index (χ0n) is 13.7. The highest BCUT2D eigenvalue weighted by molar-refractivity contribution is 5.76. The van der Waals surface area contributed by atoms with Gasteiger partial charge in [0, 0.05) is 17.5 Å². The first kappa shape index (κ1) is 15.9. The zero-order valence-corrected chi connectivity index (χ0v) is 13.7. The topological polar surface area (TPSA) is 82.7 Å². The van der Waals surface area contributed by atoms with Crippen LogP contribution >= 0.6 is 0 Å². The van der Waals surface area contributed by atoms with Crippen molar-refractivity contribution >= 4 is 5.91 Å². The van der Waals surface area contributed by atoms with Gasteiger partial charge in [0.25, 0.3) is 0 Å². The van der Waals surface area contributed by atoms with Crippen molar-refractivity contribution in [2.24, 2.45) is 5.92 Å². The summed E-state index contributed by atoms with van der Waals surface area (Å²) in [6.45, 7) is 11.0. The van der Waals surface area contributed by atoms with Gasteiger partial charge in [0.2, 0.25) is 5.91 Å². The summed E-state index contributed by atoms with van der Waals surface area (Å²) in [5.74, 6) is 1.88. The van der Waals surface area contributed by atoms with Crippen molar-refractivity contribution in [1.82, 2.24) is 25.8 Å². The molecular formula is C15H27N5O. The number of carbonyl (C=O) groups excluding carboxylic acids is 1. The molecule has 6 nitrogen and oxygen atoms in total. The van der Waals surface area contributed by atoms with E-state index in [0.29, 0.717) is 24.7 Å². The highest BCUT2D eigenvalue weighted by atomic mass is 16.1. The van der Waals surface area contributed by atoms with Crippen LogP contribution in [-0.2, 0) is 11.3 Å². The first-order valence-electron chi connectivity index (χ1n) is 7.59. The van der Waals surface area contributed by atoms with Gasteiger partial charge in [-0.25, -0.2) is 4.98 Å². The molecule has 2 rings (SSSR count). The molecule has 6 heteroatoms. The number of amides is 1. The molecule has 1 saturated heterocycles. The van der Waals surface area contributed by atoms with Crippen LogP contribution in [0, 0.1) is 12.8 Å². The second-order valence-electron chi connectivity index (χ2n) is 7.48. The number of rotatable bonds is 4. The highest BCUT2D eigenvalue weighted by Gasteiger charge is 2.38. The van der Waals surface area contributed by atoms with Crippen molar-refractivity contribution in [2.45, 2.75) is 71.5 Å². The Bertz CT molecular complexity index is 490. The Kier molecular flexibility index (Phi) is 4.37. The molecule has 1 amide bonds. The van der Waals surface area contributed by atoms with Crippen LogP contribution in [-0.4, -0.2) is 32.2 Å². The lowest BCUT2D eigenvalue weighted by Gasteiger charge is -2.46. The fraction of sp³-hybridized carbons (Fsp3) is 0.800. The molecule has 0 saturated carbocycles. The second-order valence-corrected chi connectivity index (χ2v) is 7.48. The van der Waals surface area contributed by atoms with Crippen molar-refractivity contribution in [2.75, 3.05) is 0 Å². The zero-order chi connectivity index (χ0) is 15.7. The standard InChI is InChI=1S/C15H27N5O/c1-10-17-12(19-18-10)9-16-13(21)6-11-7-14(2,3)20-15(4,5)8-11/h11,20H,6-9H2,1-5H3,(H,16,21)(H,17,18,19). The number of aryl methyl sites for hydroxylation is 1. The van der Waals surface area contributed by atoms with Gasteiger partial charge in [0.15, 0.2) is 5.82 Å². The smallest absolute Gasteiger partial charge is 0.220 e. The molecule has 0 aromatic carbocycles. The number of aromatic nitrogens is 3. The van der Waals surface area contributed by atoms with E-state index >= 15 is 0 Å². The molecule has 0 unspecified atom stereocenters. The number of nitrogens with zero attached hydrogens (tertiary/aromatic N) is 2. The monoisotopic (exact) mass is 293 g/mol. The number of piperidine rings is 1. The van der Waals surface area contributed by atoms with Gasteiger partial charge in [-0.2, -0.15) is 5.10 Å². The Morgan fingerprint density at radius 3 is 2.43 bits per heavy atom. The minimum atomic E-state index is 0.0769. The molecule has 0 atom stereocenters. The molecule has 0 spiro atoms. The van der Waals surface area contributed by atoms with Crippen molar-refractivity contribution in [1.29, 1.82) is 0 Å². The quantitative estimate of drug-likeness (QED) is 0.788. The average Bonchev–Trinajstić information content (AvgIpc) is 2.68. The van der Waals surface area contributed by atoms with Crippen LogP contribution in [0.1, 0.15) is 58.6 Å². The third-order valence-corrected chi connectivity index (χ3v) is 3.84. The predicted octanol–water partition coefficient (Wildman–Crippen LogP) is 1.68. The van der Waals surface area contributed by atoms with E-state index in [1.807, 2.05) is 6.92 Å². The number of hydrogen-bond donors (Lipinski definition) is 3. The van der Waals surface area contributed by atoms with Gasteiger partial charge in [-0.15, -0.1) is 0 Å². The molecule has 1 fully saturated rings. The molecule has 0 bridgehead atoms. The van der Waals surface area contributed by atoms with E-state index < -0.39 is 0 Å². The molecule has 118 valence electrons. The van der Waals surface area contributed by atoms with E-state index in [0.717, 1.165) is 18.7 Å². The van der Waals surface area contributed by atoms with Crippen LogP contribution in [0.15, 0.2) is 0 Å². The van der Waals surface area contributed by atoms with Gasteiger partial charge in [0.1, 0.15) is 5.82 Å². The maximum atomic E-state index is 12.1. The molecule has 1 aromatic heterocycles. The fourth-order valence-corrected chi connectivity index (χ4v) is 3.66. The Labute approximate surface area is 126 Å². The first-order valence-corrected chi connectivity index (χ1v) is 7.59. The summed E-state index contributed by atoms with van der Waals surface area (Å²) < 4.78 is 0. The van der Waals surface area contributed by atoms with Gasteiger partial charge >= 0.3 is 0 Å². The third-order valence-electron chi connectivity index (χ3n) is 3.84. The summed E-state index contributed by atoms with van der Waals surface area (Å²) in [5.41, 5.74) is 0.154. The van der Waals surface area contributed by atoms with E-state index in [2.05, 4.69) is 53.5 Å². The van der Waals surface area contributed by atoms with Gasteiger partial charge < -0.3 is 10.6 Å². The van der Waals surface area contributed by atoms with E-state index in [1.165, 1.54) is 0 Å². The van der Waals surface area contributed by atoms with Crippen molar-refractivity contribution < 1.29 is 4.79 Å². The van der Waals surface area contributed by atoms with Crippen LogP contribution in [0.3, 0.4) is 0 Å². The molecule has 1 aliphatic heterocycles. The number of nitrogens with one attached hydrogen (secondary N) is 3. The van der Waals surface area contributed by atoms with Gasteiger partial charge in [-0.1, -0.05) is 0 Å². The first-order chi connectivity index (χ1) is 9.65. The van der Waals surface area contributed by atoms with Crippen LogP contribution in [0.2, 0.25) is 0 Å². The summed E-state index contributed by atoms with van der Waals surface area (Å²) in [6, 6.07) is 0. The summed E-state index contributed by atoms with van der Waals surface area (Å²) >= 11 is 0. The van der Waals surface area contributed by atoms with E-state index in [4.69, 9.17) is 0 Å². The fourth-order valence-electron chi connectivity index (χ4n) is 3.66. The maximum absolute atomic E-state index is 12.1. The lowest BCUT2D eigenvalue weighted by molar-refractivity contribution is -0.122. The second kappa shape index (κ2) is 5.75. The SMILES string of the molecule is Cc1nc(CNC(=O)CC2CC(C)(C)NC(C)(C)C2)n[nH]1. The van der Waals surface area contributed by atoms with Crippen molar-refractivity contribution in [3.63, 3.8) is 0 Å². The van der Waals surface area contributed by atoms with Gasteiger partial charge in [-0.3, -0.25) is 9.89 Å². The molecule has 3 N–H and O–H groups in total. The minimum Gasteiger partial charge on any atom is -0.349 e. The Morgan fingerprint density at radius 1 is 1.29 bits per heavy atom. The molecule has 21 heavy (non-hydrogen) atoms. The summed E-state index contributed by atoms with van der Waals surface area (Å²) in [7, 11) is 0. The van der Waals surface area contributed by atoms with E-state index in [1.54, 1.807) is 0 Å². The normalized spacial score (nSPS) is 21.2. The van der Waals surface area contributed by atoms with E-state index in [9.17, 15) is 4.79 Å². The Morgan fingerprint density at radius 2 is 1.90 bits per heavy atom. The molecular weight excluding hydrogens is 266 g/mol. The Hall–Kier alpha value is -1.43. The minimum absolute atomic E-state index is 0.0769. The molecule has 2 heterocycles. The average molecular weight is 293 g/mol. The van der Waals surface area contributed by atoms with Crippen LogP contribution in [0.4, 0.5) is 0 Å².